The average molecular weight is 622 g/mol. The van der Waals surface area contributed by atoms with E-state index < -0.39 is 0 Å². The van der Waals surface area contributed by atoms with E-state index in [1.54, 1.807) is 11.3 Å². The second kappa shape index (κ2) is 10.2. The summed E-state index contributed by atoms with van der Waals surface area (Å²) in [7, 11) is 0. The van der Waals surface area contributed by atoms with Crippen molar-refractivity contribution in [3.63, 3.8) is 0 Å². The maximum atomic E-state index is 6.22. The summed E-state index contributed by atoms with van der Waals surface area (Å²) in [5, 5.41) is 4.60. The lowest BCUT2D eigenvalue weighted by Gasteiger charge is -2.11. The zero-order valence-corrected chi connectivity index (χ0v) is 25.6. The summed E-state index contributed by atoms with van der Waals surface area (Å²) < 4.78 is 10.6. The molecule has 0 aliphatic heterocycles. The van der Waals surface area contributed by atoms with Crippen LogP contribution in [0.5, 0.6) is 0 Å². The molecule has 0 saturated carbocycles. The van der Waals surface area contributed by atoms with Crippen molar-refractivity contribution in [3.8, 4) is 40.2 Å². The Morgan fingerprint density at radius 1 is 0.468 bits per heavy atom. The highest BCUT2D eigenvalue weighted by Crippen LogP contribution is 2.44. The summed E-state index contributed by atoms with van der Waals surface area (Å²) in [6.07, 6.45) is 0. The van der Waals surface area contributed by atoms with E-state index in [4.69, 9.17) is 24.4 Å². The number of thiophene rings is 1. The fraction of sp³-hybridized carbons (Fsp3) is 0. The molecule has 6 nitrogen and oxygen atoms in total. The van der Waals surface area contributed by atoms with Crippen LogP contribution in [-0.4, -0.2) is 24.5 Å². The normalized spacial score (nSPS) is 11.8. The van der Waals surface area contributed by atoms with Crippen LogP contribution in [0.3, 0.4) is 0 Å². The molecule has 0 aliphatic carbocycles. The SMILES string of the molecule is c1ccc(-c2nc(-c3cccc4c3sc3c(-c5nc6ccccc6o5)cccc34)nc(-n3c4ccccc4c4ccccc43)n2)cc1. The molecule has 0 amide bonds. The van der Waals surface area contributed by atoms with Gasteiger partial charge < -0.3 is 4.42 Å². The number of benzene rings is 6. The molecule has 10 aromatic rings. The maximum absolute atomic E-state index is 6.22. The minimum atomic E-state index is 0.580. The number of oxazole rings is 1. The monoisotopic (exact) mass is 621 g/mol. The largest absolute Gasteiger partial charge is 0.436 e. The minimum Gasteiger partial charge on any atom is -0.436 e. The lowest BCUT2D eigenvalue weighted by Crippen LogP contribution is -2.06. The van der Waals surface area contributed by atoms with Crippen LogP contribution in [0.2, 0.25) is 0 Å². The quantitative estimate of drug-likeness (QED) is 0.196. The summed E-state index contributed by atoms with van der Waals surface area (Å²) in [5.41, 5.74) is 6.57. The molecule has 0 aliphatic rings. The molecule has 4 heterocycles. The summed E-state index contributed by atoms with van der Waals surface area (Å²) in [6.45, 7) is 0. The van der Waals surface area contributed by atoms with Crippen molar-refractivity contribution in [1.82, 2.24) is 24.5 Å². The molecular formula is C40H23N5OS. The van der Waals surface area contributed by atoms with Crippen LogP contribution in [-0.2, 0) is 0 Å². The van der Waals surface area contributed by atoms with Crippen LogP contribution in [0, 0.1) is 0 Å². The van der Waals surface area contributed by atoms with Crippen molar-refractivity contribution >= 4 is 64.4 Å². The van der Waals surface area contributed by atoms with Gasteiger partial charge in [0.1, 0.15) is 5.52 Å². The van der Waals surface area contributed by atoms with Crippen LogP contribution < -0.4 is 0 Å². The van der Waals surface area contributed by atoms with Gasteiger partial charge >= 0.3 is 0 Å². The van der Waals surface area contributed by atoms with Crippen LogP contribution in [0.15, 0.2) is 144 Å². The lowest BCUT2D eigenvalue weighted by molar-refractivity contribution is 0.621. The number of fused-ring (bicyclic) bond motifs is 7. The number of rotatable bonds is 4. The summed E-state index contributed by atoms with van der Waals surface area (Å²) in [4.78, 5) is 20.2. The van der Waals surface area contributed by atoms with E-state index in [0.717, 1.165) is 69.8 Å². The van der Waals surface area contributed by atoms with E-state index in [-0.39, 0.29) is 0 Å². The highest BCUT2D eigenvalue weighted by Gasteiger charge is 2.21. The topological polar surface area (TPSA) is 69.6 Å². The van der Waals surface area contributed by atoms with Crippen molar-refractivity contribution < 1.29 is 4.42 Å². The third-order valence-corrected chi connectivity index (χ3v) is 10.0. The van der Waals surface area contributed by atoms with Gasteiger partial charge in [-0.15, -0.1) is 11.3 Å². The maximum Gasteiger partial charge on any atom is 0.238 e. The first-order valence-corrected chi connectivity index (χ1v) is 16.2. The molecular weight excluding hydrogens is 599 g/mol. The molecule has 220 valence electrons. The second-order valence-electron chi connectivity index (χ2n) is 11.5. The van der Waals surface area contributed by atoms with Gasteiger partial charge in [-0.3, -0.25) is 4.57 Å². The summed E-state index contributed by atoms with van der Waals surface area (Å²) in [5.74, 6) is 2.44. The molecule has 0 bridgehead atoms. The van der Waals surface area contributed by atoms with Crippen LogP contribution >= 0.6 is 11.3 Å². The number of nitrogens with zero attached hydrogens (tertiary/aromatic N) is 5. The van der Waals surface area contributed by atoms with Crippen LogP contribution in [0.1, 0.15) is 0 Å². The molecule has 0 atom stereocenters. The predicted molar refractivity (Wildman–Crippen MR) is 191 cm³/mol. The third kappa shape index (κ3) is 4.03. The molecule has 10 rings (SSSR count). The number of para-hydroxylation sites is 4. The van der Waals surface area contributed by atoms with Gasteiger partial charge in [0.2, 0.25) is 11.8 Å². The highest BCUT2D eigenvalue weighted by atomic mass is 32.1. The van der Waals surface area contributed by atoms with E-state index in [2.05, 4.69) is 89.5 Å². The molecule has 7 heteroatoms. The Bertz CT molecular complexity index is 2730. The van der Waals surface area contributed by atoms with Crippen molar-refractivity contribution in [3.05, 3.63) is 140 Å². The first kappa shape index (κ1) is 26.1. The molecule has 0 saturated heterocycles. The molecule has 0 fully saturated rings. The predicted octanol–water partition coefficient (Wildman–Crippen LogP) is 10.5. The van der Waals surface area contributed by atoms with Gasteiger partial charge in [-0.2, -0.15) is 9.97 Å². The Morgan fingerprint density at radius 3 is 1.81 bits per heavy atom. The van der Waals surface area contributed by atoms with Crippen LogP contribution in [0.25, 0.3) is 93.3 Å². The van der Waals surface area contributed by atoms with E-state index >= 15 is 0 Å². The molecule has 6 aromatic carbocycles. The smallest absolute Gasteiger partial charge is 0.238 e. The molecule has 4 aromatic heterocycles. The van der Waals surface area contributed by atoms with Gasteiger partial charge in [0.05, 0.1) is 16.6 Å². The van der Waals surface area contributed by atoms with Gasteiger partial charge in [0.25, 0.3) is 0 Å². The first-order chi connectivity index (χ1) is 23.3. The average Bonchev–Trinajstić information content (AvgIpc) is 3.84. The Kier molecular flexibility index (Phi) is 5.64. The zero-order valence-electron chi connectivity index (χ0n) is 24.8. The van der Waals surface area contributed by atoms with Crippen molar-refractivity contribution in [1.29, 1.82) is 0 Å². The Morgan fingerprint density at radius 2 is 1.06 bits per heavy atom. The van der Waals surface area contributed by atoms with Gasteiger partial charge in [0, 0.05) is 42.1 Å². The molecule has 0 radical (unpaired) electrons. The van der Waals surface area contributed by atoms with Gasteiger partial charge in [-0.05, 0) is 36.4 Å². The number of aromatic nitrogens is 5. The standard InChI is InChI=1S/C40H23N5OS/c1-2-12-24(13-3-1)37-42-38(44-40(43-37)45-32-21-7-4-14-25(32)26-15-5-8-22-33(26)45)29-18-10-16-27-28-17-11-19-30(36(28)47-35(27)29)39-41-31-20-6-9-23-34(31)46-39/h1-23H. The number of hydrogen-bond acceptors (Lipinski definition) is 6. The number of hydrogen-bond donors (Lipinski definition) is 0. The van der Waals surface area contributed by atoms with Crippen molar-refractivity contribution in [2.75, 3.05) is 0 Å². The molecule has 0 spiro atoms. The third-order valence-electron chi connectivity index (χ3n) is 8.73. The summed E-state index contributed by atoms with van der Waals surface area (Å²) in [6, 6.07) is 47.5. The zero-order chi connectivity index (χ0) is 30.9. The first-order valence-electron chi connectivity index (χ1n) is 15.4. The van der Waals surface area contributed by atoms with E-state index in [0.29, 0.717) is 23.5 Å². The minimum absolute atomic E-state index is 0.580. The van der Waals surface area contributed by atoms with E-state index in [1.165, 1.54) is 0 Å². The Balaban J connectivity index is 1.24. The van der Waals surface area contributed by atoms with Crippen molar-refractivity contribution in [2.45, 2.75) is 0 Å². The fourth-order valence-electron chi connectivity index (χ4n) is 6.59. The summed E-state index contributed by atoms with van der Waals surface area (Å²) >= 11 is 1.72. The highest BCUT2D eigenvalue weighted by molar-refractivity contribution is 7.26. The van der Waals surface area contributed by atoms with Crippen molar-refractivity contribution in [2.24, 2.45) is 0 Å². The Hall–Kier alpha value is -6.18. The van der Waals surface area contributed by atoms with E-state index in [1.807, 2.05) is 54.6 Å². The molecule has 0 unspecified atom stereocenters. The molecule has 47 heavy (non-hydrogen) atoms. The fourth-order valence-corrected chi connectivity index (χ4v) is 7.91. The second-order valence-corrected chi connectivity index (χ2v) is 12.5. The Labute approximate surface area is 272 Å². The van der Waals surface area contributed by atoms with Gasteiger partial charge in [0.15, 0.2) is 17.2 Å². The van der Waals surface area contributed by atoms with E-state index in [9.17, 15) is 0 Å². The lowest BCUT2D eigenvalue weighted by atomic mass is 10.1. The van der Waals surface area contributed by atoms with Gasteiger partial charge in [-0.25, -0.2) is 9.97 Å². The van der Waals surface area contributed by atoms with Gasteiger partial charge in [-0.1, -0.05) is 103 Å². The van der Waals surface area contributed by atoms with Crippen LogP contribution in [0.4, 0.5) is 0 Å². The molecule has 0 N–H and O–H groups in total.